The molecule has 2 N–H and O–H groups in total. The smallest absolute Gasteiger partial charge is 0.335 e. The molecule has 0 unspecified atom stereocenters. The molecule has 2 bridgehead atoms. The fourth-order valence-electron chi connectivity index (χ4n) is 5.29. The van der Waals surface area contributed by atoms with Crippen molar-refractivity contribution in [2.24, 2.45) is 23.7 Å². The van der Waals surface area contributed by atoms with Crippen LogP contribution in [0.2, 0.25) is 0 Å². The van der Waals surface area contributed by atoms with Gasteiger partial charge in [-0.1, -0.05) is 37.9 Å². The molecule has 5 rings (SSSR count). The molecule has 0 spiro atoms. The van der Waals surface area contributed by atoms with Gasteiger partial charge < -0.3 is 10.4 Å². The fourth-order valence-corrected chi connectivity index (χ4v) is 7.16. The number of amides is 3. The monoisotopic (exact) mass is 560 g/mol. The van der Waals surface area contributed by atoms with E-state index in [2.05, 4.69) is 37.2 Å². The molecule has 32 heavy (non-hydrogen) atoms. The number of halogens is 2. The summed E-state index contributed by atoms with van der Waals surface area (Å²) in [6.07, 6.45) is 0.857. The third-order valence-electron chi connectivity index (χ3n) is 6.74. The lowest BCUT2D eigenvalue weighted by Crippen LogP contribution is -2.37. The number of nitrogens with zero attached hydrogens (tertiary/aromatic N) is 1. The standard InChI is InChI=1S/C23H18Br2N2O5/c24-18-14-9-15(19(18)25)17-16(14)21(29)27(22(17)30)13-3-1-2-11(8-13)20(28)26-12-6-4-10(5-7-12)23(31)32/h1-8,14-19H,9H2,(H,26,28)(H,31,32)/t14-,15-,16-,17+,18+,19+/m1/s1. The van der Waals surface area contributed by atoms with Gasteiger partial charge in [0, 0.05) is 20.9 Å². The molecule has 2 saturated carbocycles. The van der Waals surface area contributed by atoms with Crippen LogP contribution in [0.4, 0.5) is 11.4 Å². The van der Waals surface area contributed by atoms with E-state index in [0.717, 1.165) is 6.42 Å². The second-order valence-corrected chi connectivity index (χ2v) is 10.5. The first kappa shape index (κ1) is 21.3. The van der Waals surface area contributed by atoms with Crippen LogP contribution in [0.5, 0.6) is 0 Å². The summed E-state index contributed by atoms with van der Waals surface area (Å²) in [6, 6.07) is 12.2. The molecule has 6 atom stereocenters. The van der Waals surface area contributed by atoms with Gasteiger partial charge in [-0.05, 0) is 60.7 Å². The molecule has 2 aliphatic carbocycles. The summed E-state index contributed by atoms with van der Waals surface area (Å²) >= 11 is 7.36. The van der Waals surface area contributed by atoms with Crippen molar-refractivity contribution in [2.75, 3.05) is 10.2 Å². The number of rotatable bonds is 4. The summed E-state index contributed by atoms with van der Waals surface area (Å²) < 4.78 is 0. The minimum absolute atomic E-state index is 0.118. The first-order valence-electron chi connectivity index (χ1n) is 10.2. The topological polar surface area (TPSA) is 104 Å². The van der Waals surface area contributed by atoms with Gasteiger partial charge in [-0.25, -0.2) is 4.79 Å². The SMILES string of the molecule is O=C(O)c1ccc(NC(=O)c2cccc(N3C(=O)[C@@H]4[C@H]5C[C@@H]([C@H](Br)[C@H]5Br)[C@@H]4C3=O)c2)cc1. The van der Waals surface area contributed by atoms with Crippen LogP contribution in [0.15, 0.2) is 48.5 Å². The predicted molar refractivity (Wildman–Crippen MR) is 124 cm³/mol. The van der Waals surface area contributed by atoms with E-state index in [9.17, 15) is 19.2 Å². The molecular weight excluding hydrogens is 544 g/mol. The van der Waals surface area contributed by atoms with Crippen molar-refractivity contribution in [3.8, 4) is 0 Å². The first-order chi connectivity index (χ1) is 15.3. The highest BCUT2D eigenvalue weighted by Gasteiger charge is 2.66. The van der Waals surface area contributed by atoms with Gasteiger partial charge in [-0.3, -0.25) is 19.3 Å². The average molecular weight is 562 g/mol. The second-order valence-electron chi connectivity index (χ2n) is 8.40. The van der Waals surface area contributed by atoms with Crippen LogP contribution in [0.3, 0.4) is 0 Å². The molecule has 164 valence electrons. The summed E-state index contributed by atoms with van der Waals surface area (Å²) in [5, 5.41) is 11.7. The molecule has 2 aromatic carbocycles. The summed E-state index contributed by atoms with van der Waals surface area (Å²) in [6.45, 7) is 0. The zero-order valence-corrected chi connectivity index (χ0v) is 19.7. The molecule has 9 heteroatoms. The van der Waals surface area contributed by atoms with Crippen LogP contribution in [0.25, 0.3) is 0 Å². The summed E-state index contributed by atoms with van der Waals surface area (Å²) in [5.74, 6) is -2.27. The Morgan fingerprint density at radius 1 is 0.906 bits per heavy atom. The summed E-state index contributed by atoms with van der Waals surface area (Å²) in [5.41, 5.74) is 1.24. The number of aromatic carboxylic acids is 1. The maximum Gasteiger partial charge on any atom is 0.335 e. The minimum Gasteiger partial charge on any atom is -0.478 e. The maximum atomic E-state index is 13.2. The van der Waals surface area contributed by atoms with Crippen molar-refractivity contribution in [3.63, 3.8) is 0 Å². The van der Waals surface area contributed by atoms with E-state index in [1.165, 1.54) is 35.2 Å². The van der Waals surface area contributed by atoms with Crippen molar-refractivity contribution < 1.29 is 24.3 Å². The number of carboxylic acid groups (broad SMARTS) is 1. The van der Waals surface area contributed by atoms with Gasteiger partial charge in [-0.15, -0.1) is 0 Å². The van der Waals surface area contributed by atoms with E-state index in [1.807, 2.05) is 0 Å². The maximum absolute atomic E-state index is 13.2. The van der Waals surface area contributed by atoms with Crippen molar-refractivity contribution in [3.05, 3.63) is 59.7 Å². The number of anilines is 2. The largest absolute Gasteiger partial charge is 0.478 e. The van der Waals surface area contributed by atoms with Crippen molar-refractivity contribution in [2.45, 2.75) is 16.1 Å². The van der Waals surface area contributed by atoms with E-state index >= 15 is 0 Å². The molecule has 1 heterocycles. The highest BCUT2D eigenvalue weighted by Crippen LogP contribution is 2.60. The molecule has 1 aliphatic heterocycles. The molecule has 3 aliphatic rings. The number of imide groups is 1. The highest BCUT2D eigenvalue weighted by molar-refractivity contribution is 9.12. The van der Waals surface area contributed by atoms with Gasteiger partial charge in [0.25, 0.3) is 5.91 Å². The van der Waals surface area contributed by atoms with Gasteiger partial charge in [0.15, 0.2) is 0 Å². The highest BCUT2D eigenvalue weighted by atomic mass is 79.9. The Hall–Kier alpha value is -2.52. The van der Waals surface area contributed by atoms with E-state index in [4.69, 9.17) is 5.11 Å². The summed E-state index contributed by atoms with van der Waals surface area (Å²) in [4.78, 5) is 51.7. The Morgan fingerprint density at radius 3 is 2.06 bits per heavy atom. The Balaban J connectivity index is 1.37. The number of carbonyl (C=O) groups excluding carboxylic acids is 3. The van der Waals surface area contributed by atoms with Crippen LogP contribution < -0.4 is 10.2 Å². The number of carboxylic acids is 1. The normalized spacial score (nSPS) is 30.5. The van der Waals surface area contributed by atoms with E-state index in [0.29, 0.717) is 16.9 Å². The lowest BCUT2D eigenvalue weighted by molar-refractivity contribution is -0.123. The van der Waals surface area contributed by atoms with Gasteiger partial charge >= 0.3 is 5.97 Å². The third-order valence-corrected chi connectivity index (χ3v) is 9.95. The number of fused-ring (bicyclic) bond motifs is 5. The Bertz CT molecular complexity index is 1120. The Kier molecular flexibility index (Phi) is 5.21. The second kappa shape index (κ2) is 7.81. The molecule has 0 radical (unpaired) electrons. The molecule has 7 nitrogen and oxygen atoms in total. The Morgan fingerprint density at radius 2 is 1.50 bits per heavy atom. The van der Waals surface area contributed by atoms with Crippen LogP contribution in [-0.4, -0.2) is 38.5 Å². The van der Waals surface area contributed by atoms with Gasteiger partial charge in [0.1, 0.15) is 0 Å². The molecule has 2 aromatic rings. The number of carbonyl (C=O) groups is 4. The number of hydrogen-bond acceptors (Lipinski definition) is 4. The van der Waals surface area contributed by atoms with Crippen molar-refractivity contribution in [1.29, 1.82) is 0 Å². The van der Waals surface area contributed by atoms with E-state index < -0.39 is 11.9 Å². The summed E-state index contributed by atoms with van der Waals surface area (Å²) in [7, 11) is 0. The van der Waals surface area contributed by atoms with Crippen LogP contribution in [-0.2, 0) is 9.59 Å². The van der Waals surface area contributed by atoms with Gasteiger partial charge in [0.05, 0.1) is 23.1 Å². The Labute approximate surface area is 200 Å². The minimum atomic E-state index is -1.05. The lowest BCUT2D eigenvalue weighted by Gasteiger charge is -2.28. The average Bonchev–Trinajstić information content (AvgIpc) is 3.39. The number of benzene rings is 2. The lowest BCUT2D eigenvalue weighted by atomic mass is 9.81. The zero-order valence-electron chi connectivity index (χ0n) is 16.6. The number of nitrogens with one attached hydrogen (secondary N) is 1. The molecule has 0 aromatic heterocycles. The molecule has 3 fully saturated rings. The van der Waals surface area contributed by atoms with Crippen molar-refractivity contribution in [1.82, 2.24) is 0 Å². The first-order valence-corrected chi connectivity index (χ1v) is 12.0. The molecule has 3 amide bonds. The van der Waals surface area contributed by atoms with Crippen LogP contribution >= 0.6 is 31.9 Å². The van der Waals surface area contributed by atoms with E-state index in [1.54, 1.807) is 18.2 Å². The zero-order chi connectivity index (χ0) is 22.7. The molecule has 1 saturated heterocycles. The number of hydrogen-bond donors (Lipinski definition) is 2. The fraction of sp³-hybridized carbons (Fsp3) is 0.304. The predicted octanol–water partition coefficient (Wildman–Crippen LogP) is 3.92. The van der Waals surface area contributed by atoms with Gasteiger partial charge in [-0.2, -0.15) is 0 Å². The van der Waals surface area contributed by atoms with Crippen LogP contribution in [0, 0.1) is 23.7 Å². The van der Waals surface area contributed by atoms with E-state index in [-0.39, 0.29) is 50.7 Å². The third kappa shape index (κ3) is 3.21. The quantitative estimate of drug-likeness (QED) is 0.435. The molecular formula is C23H18Br2N2O5. The van der Waals surface area contributed by atoms with Crippen molar-refractivity contribution >= 4 is 66.9 Å². The number of alkyl halides is 2. The van der Waals surface area contributed by atoms with Crippen LogP contribution in [0.1, 0.15) is 27.1 Å². The van der Waals surface area contributed by atoms with Gasteiger partial charge in [0.2, 0.25) is 11.8 Å².